The maximum atomic E-state index is 13.1. The fourth-order valence-electron chi connectivity index (χ4n) is 4.74. The molecule has 3 atom stereocenters. The fraction of sp³-hybridized carbons (Fsp3) is 0.857. The first-order chi connectivity index (χ1) is 13.2. The minimum Gasteiger partial charge on any atom is -0.480 e. The number of carbonyl (C=O) groups is 3. The van der Waals surface area contributed by atoms with Crippen molar-refractivity contribution >= 4 is 17.8 Å². The molecule has 0 aromatic rings. The topological polar surface area (TPSA) is 90.0 Å². The van der Waals surface area contributed by atoms with Gasteiger partial charge in [-0.1, -0.05) is 41.0 Å². The summed E-state index contributed by atoms with van der Waals surface area (Å²) in [5.41, 5.74) is -0.666. The van der Waals surface area contributed by atoms with Gasteiger partial charge in [0.05, 0.1) is 11.7 Å². The Balaban J connectivity index is 2.21. The second-order valence-electron chi connectivity index (χ2n) is 8.84. The Labute approximate surface area is 168 Å². The molecule has 28 heavy (non-hydrogen) atoms. The van der Waals surface area contributed by atoms with Crippen LogP contribution >= 0.6 is 0 Å². The number of carbonyl (C=O) groups excluding carboxylic acids is 2. The van der Waals surface area contributed by atoms with E-state index in [0.717, 1.165) is 12.8 Å². The number of hydrogen-bond acceptors (Lipinski definition) is 4. The van der Waals surface area contributed by atoms with Gasteiger partial charge in [0.15, 0.2) is 0 Å². The molecular formula is C21H37N3O4. The number of likely N-dealkylation sites (tertiary alicyclic amines) is 1. The molecule has 2 fully saturated rings. The monoisotopic (exact) mass is 395 g/mol. The highest BCUT2D eigenvalue weighted by Crippen LogP contribution is 2.36. The maximum absolute atomic E-state index is 13.1. The largest absolute Gasteiger partial charge is 0.480 e. The second-order valence-corrected chi connectivity index (χ2v) is 8.84. The average Bonchev–Trinajstić information content (AvgIpc) is 2.87. The Bertz CT molecular complexity index is 584. The fourth-order valence-corrected chi connectivity index (χ4v) is 4.74. The second kappa shape index (κ2) is 9.25. The van der Waals surface area contributed by atoms with E-state index in [1.54, 1.807) is 11.8 Å². The normalized spacial score (nSPS) is 24.1. The Kier molecular flexibility index (Phi) is 7.48. The van der Waals surface area contributed by atoms with Crippen LogP contribution in [-0.4, -0.2) is 63.5 Å². The lowest BCUT2D eigenvalue weighted by Crippen LogP contribution is -2.63. The van der Waals surface area contributed by atoms with Crippen LogP contribution in [0.3, 0.4) is 0 Å². The van der Waals surface area contributed by atoms with Gasteiger partial charge >= 0.3 is 5.97 Å². The van der Waals surface area contributed by atoms with Gasteiger partial charge in [0.25, 0.3) is 0 Å². The van der Waals surface area contributed by atoms with Gasteiger partial charge in [0.2, 0.25) is 11.8 Å². The molecule has 1 spiro atoms. The lowest BCUT2D eigenvalue weighted by atomic mass is 9.92. The number of amides is 2. The number of hydrogen-bond donors (Lipinski definition) is 2. The predicted octanol–water partition coefficient (Wildman–Crippen LogP) is 2.45. The van der Waals surface area contributed by atoms with Crippen LogP contribution in [0.25, 0.3) is 0 Å². The van der Waals surface area contributed by atoms with Crippen LogP contribution in [-0.2, 0) is 14.4 Å². The standard InChI is InChI=1S/C21H37N3O4/c1-6-8-15(5)18(25)23-11-9-21(10-12-23)22-16(13-14(3)4)19(26)24(21)17(7-2)20(27)28/h14-17,22H,6-13H2,1-5H3,(H,27,28). The first-order valence-electron chi connectivity index (χ1n) is 10.8. The van der Waals surface area contributed by atoms with E-state index in [0.29, 0.717) is 44.7 Å². The summed E-state index contributed by atoms with van der Waals surface area (Å²) < 4.78 is 0. The maximum Gasteiger partial charge on any atom is 0.326 e. The SMILES string of the molecule is CCCC(C)C(=O)N1CCC2(CC1)NC(CC(C)C)C(=O)N2C(CC)C(=O)O. The molecule has 2 saturated heterocycles. The zero-order valence-corrected chi connectivity index (χ0v) is 18.0. The van der Waals surface area contributed by atoms with Crippen LogP contribution < -0.4 is 5.32 Å². The highest BCUT2D eigenvalue weighted by Gasteiger charge is 2.55. The average molecular weight is 396 g/mol. The van der Waals surface area contributed by atoms with Crippen LogP contribution in [0.1, 0.15) is 73.1 Å². The lowest BCUT2D eigenvalue weighted by Gasteiger charge is -2.46. The van der Waals surface area contributed by atoms with Gasteiger partial charge in [-0.15, -0.1) is 0 Å². The molecule has 0 radical (unpaired) electrons. The van der Waals surface area contributed by atoms with Crippen molar-refractivity contribution in [1.82, 2.24) is 15.1 Å². The quantitative estimate of drug-likeness (QED) is 0.659. The highest BCUT2D eigenvalue weighted by atomic mass is 16.4. The molecule has 7 nitrogen and oxygen atoms in total. The zero-order chi connectivity index (χ0) is 21.1. The van der Waals surface area contributed by atoms with E-state index < -0.39 is 17.7 Å². The van der Waals surface area contributed by atoms with Gasteiger partial charge in [0, 0.05) is 31.8 Å². The lowest BCUT2D eigenvalue weighted by molar-refractivity contribution is -0.155. The first kappa shape index (κ1) is 22.7. The summed E-state index contributed by atoms with van der Waals surface area (Å²) >= 11 is 0. The van der Waals surface area contributed by atoms with Gasteiger partial charge in [-0.2, -0.15) is 0 Å². The third kappa shape index (κ3) is 4.50. The number of aliphatic carboxylic acids is 1. The number of nitrogens with zero attached hydrogens (tertiary/aromatic N) is 2. The van der Waals surface area contributed by atoms with E-state index in [1.807, 2.05) is 11.8 Å². The van der Waals surface area contributed by atoms with Gasteiger partial charge < -0.3 is 14.9 Å². The minimum atomic E-state index is -0.961. The summed E-state index contributed by atoms with van der Waals surface area (Å²) in [6.45, 7) is 11.1. The third-order valence-corrected chi connectivity index (χ3v) is 6.18. The van der Waals surface area contributed by atoms with Gasteiger partial charge in [-0.3, -0.25) is 14.9 Å². The van der Waals surface area contributed by atoms with Gasteiger partial charge in [-0.05, 0) is 25.2 Å². The molecule has 2 aliphatic rings. The summed E-state index contributed by atoms with van der Waals surface area (Å²) in [6.07, 6.45) is 4.04. The molecule has 0 saturated carbocycles. The molecule has 0 aromatic heterocycles. The molecule has 2 aliphatic heterocycles. The van der Waals surface area contributed by atoms with Crippen LogP contribution in [0, 0.1) is 11.8 Å². The van der Waals surface area contributed by atoms with Crippen LogP contribution in [0.15, 0.2) is 0 Å². The Hall–Kier alpha value is -1.63. The van der Waals surface area contributed by atoms with Crippen molar-refractivity contribution in [3.05, 3.63) is 0 Å². The van der Waals surface area contributed by atoms with E-state index >= 15 is 0 Å². The van der Waals surface area contributed by atoms with Crippen LogP contribution in [0.4, 0.5) is 0 Å². The Morgan fingerprint density at radius 1 is 1.21 bits per heavy atom. The molecule has 160 valence electrons. The third-order valence-electron chi connectivity index (χ3n) is 6.18. The summed E-state index contributed by atoms with van der Waals surface area (Å²) in [7, 11) is 0. The number of carboxylic acids is 1. The van der Waals surface area contributed by atoms with E-state index in [4.69, 9.17) is 0 Å². The van der Waals surface area contributed by atoms with Gasteiger partial charge in [0.1, 0.15) is 6.04 Å². The molecule has 0 bridgehead atoms. The van der Waals surface area contributed by atoms with Crippen molar-refractivity contribution in [2.75, 3.05) is 13.1 Å². The molecule has 3 unspecified atom stereocenters. The Morgan fingerprint density at radius 3 is 2.29 bits per heavy atom. The van der Waals surface area contributed by atoms with Crippen molar-refractivity contribution in [1.29, 1.82) is 0 Å². The van der Waals surface area contributed by atoms with Gasteiger partial charge in [-0.25, -0.2) is 4.79 Å². The minimum absolute atomic E-state index is 0.00409. The number of nitrogens with one attached hydrogen (secondary N) is 1. The molecule has 0 aromatic carbocycles. The highest BCUT2D eigenvalue weighted by molar-refractivity contribution is 5.90. The molecule has 7 heteroatoms. The van der Waals surface area contributed by atoms with Crippen molar-refractivity contribution < 1.29 is 19.5 Å². The first-order valence-corrected chi connectivity index (χ1v) is 10.8. The van der Waals surface area contributed by atoms with E-state index in [2.05, 4.69) is 26.1 Å². The molecule has 2 amide bonds. The summed E-state index contributed by atoms with van der Waals surface area (Å²) in [6, 6.07) is -1.19. The molecule has 2 heterocycles. The number of carboxylic acid groups (broad SMARTS) is 1. The molecule has 0 aliphatic carbocycles. The molecule has 2 rings (SSSR count). The van der Waals surface area contributed by atoms with E-state index in [-0.39, 0.29) is 23.8 Å². The van der Waals surface area contributed by atoms with Crippen LogP contribution in [0.2, 0.25) is 0 Å². The molecule has 2 N–H and O–H groups in total. The van der Waals surface area contributed by atoms with E-state index in [1.165, 1.54) is 0 Å². The summed E-state index contributed by atoms with van der Waals surface area (Å²) in [5, 5.41) is 13.2. The number of rotatable bonds is 8. The van der Waals surface area contributed by atoms with Crippen molar-refractivity contribution in [3.8, 4) is 0 Å². The molecular weight excluding hydrogens is 358 g/mol. The number of piperidine rings is 1. The Morgan fingerprint density at radius 2 is 1.82 bits per heavy atom. The summed E-state index contributed by atoms with van der Waals surface area (Å²) in [5.74, 6) is -0.569. The van der Waals surface area contributed by atoms with Crippen molar-refractivity contribution in [2.45, 2.75) is 90.9 Å². The zero-order valence-electron chi connectivity index (χ0n) is 18.0. The van der Waals surface area contributed by atoms with Crippen LogP contribution in [0.5, 0.6) is 0 Å². The summed E-state index contributed by atoms with van der Waals surface area (Å²) in [4.78, 5) is 41.2. The van der Waals surface area contributed by atoms with E-state index in [9.17, 15) is 19.5 Å². The predicted molar refractivity (Wildman–Crippen MR) is 108 cm³/mol. The van der Waals surface area contributed by atoms with Crippen molar-refractivity contribution in [2.24, 2.45) is 11.8 Å². The van der Waals surface area contributed by atoms with Crippen molar-refractivity contribution in [3.63, 3.8) is 0 Å². The smallest absolute Gasteiger partial charge is 0.326 e.